The van der Waals surface area contributed by atoms with Crippen LogP contribution < -0.4 is 0 Å². The van der Waals surface area contributed by atoms with Crippen LogP contribution in [0.25, 0.3) is 0 Å². The molecule has 18 heavy (non-hydrogen) atoms. The van der Waals surface area contributed by atoms with Crippen LogP contribution in [-0.2, 0) is 0 Å². The molecule has 1 heterocycles. The van der Waals surface area contributed by atoms with Crippen molar-refractivity contribution in [3.05, 3.63) is 22.3 Å². The zero-order valence-corrected chi connectivity index (χ0v) is 11.9. The quantitative estimate of drug-likeness (QED) is 0.770. The minimum Gasteiger partial charge on any atom is -0.507 e. The van der Waals surface area contributed by atoms with Gasteiger partial charge in [0.1, 0.15) is 5.75 Å². The normalized spacial score (nSPS) is 20.7. The monoisotopic (exact) mass is 262 g/mol. The fourth-order valence-corrected chi connectivity index (χ4v) is 4.86. The van der Waals surface area contributed by atoms with Gasteiger partial charge in [0.25, 0.3) is 0 Å². The first-order valence-corrected chi connectivity index (χ1v) is 7.32. The predicted octanol–water partition coefficient (Wildman–Crippen LogP) is 3.92. The fourth-order valence-electron chi connectivity index (χ4n) is 3.05. The number of phenols is 1. The second kappa shape index (κ2) is 3.77. The summed E-state index contributed by atoms with van der Waals surface area (Å²) >= 11 is 1.88. The van der Waals surface area contributed by atoms with Crippen molar-refractivity contribution < 1.29 is 9.90 Å². The van der Waals surface area contributed by atoms with Crippen LogP contribution in [0.5, 0.6) is 5.75 Å². The third kappa shape index (κ3) is 1.46. The largest absolute Gasteiger partial charge is 0.507 e. The molecule has 0 saturated heterocycles. The Hall–Kier alpha value is -0.960. The number of carbonyl (C=O) groups excluding carboxylic acids is 1. The number of rotatable bonds is 0. The predicted molar refractivity (Wildman–Crippen MR) is 73.7 cm³/mol. The Morgan fingerprint density at radius 2 is 1.78 bits per heavy atom. The number of thioether (sulfide) groups is 1. The van der Waals surface area contributed by atoms with Gasteiger partial charge in [-0.05, 0) is 44.7 Å². The number of Topliss-reactive ketones (excluding diaryl/α,β-unsaturated/α-hetero) is 1. The highest BCUT2D eigenvalue weighted by atomic mass is 32.2. The van der Waals surface area contributed by atoms with Gasteiger partial charge in [-0.2, -0.15) is 0 Å². The lowest BCUT2D eigenvalue weighted by Crippen LogP contribution is -2.39. The van der Waals surface area contributed by atoms with Crippen molar-refractivity contribution in [1.29, 1.82) is 0 Å². The Kier molecular flexibility index (Phi) is 2.53. The lowest BCUT2D eigenvalue weighted by Gasteiger charge is -2.44. The van der Waals surface area contributed by atoms with Crippen LogP contribution in [0.15, 0.2) is 4.90 Å². The fraction of sp³-hybridized carbons (Fsp3) is 0.533. The maximum atomic E-state index is 12.4. The van der Waals surface area contributed by atoms with E-state index in [2.05, 4.69) is 0 Å². The second-order valence-electron chi connectivity index (χ2n) is 5.67. The third-order valence-electron chi connectivity index (χ3n) is 4.56. The molecule has 3 rings (SSSR count). The van der Waals surface area contributed by atoms with E-state index >= 15 is 0 Å². The van der Waals surface area contributed by atoms with E-state index in [9.17, 15) is 9.90 Å². The number of fused-ring (bicyclic) bond motifs is 1. The molecule has 3 heteroatoms. The number of carbonyl (C=O) groups is 1. The first-order valence-electron chi connectivity index (χ1n) is 6.50. The summed E-state index contributed by atoms with van der Waals surface area (Å²) in [7, 11) is 0. The van der Waals surface area contributed by atoms with Gasteiger partial charge < -0.3 is 5.11 Å². The molecule has 0 amide bonds. The van der Waals surface area contributed by atoms with Gasteiger partial charge in [-0.15, -0.1) is 11.8 Å². The van der Waals surface area contributed by atoms with E-state index in [0.717, 1.165) is 40.0 Å². The molecule has 1 N–H and O–H groups in total. The number of hydrogen-bond donors (Lipinski definition) is 1. The summed E-state index contributed by atoms with van der Waals surface area (Å²) in [6.07, 6.45) is 4.20. The lowest BCUT2D eigenvalue weighted by atomic mass is 9.78. The molecule has 0 unspecified atom stereocenters. The van der Waals surface area contributed by atoms with Crippen LogP contribution >= 0.6 is 11.8 Å². The molecule has 1 aromatic carbocycles. The van der Waals surface area contributed by atoms with E-state index in [1.165, 1.54) is 6.42 Å². The van der Waals surface area contributed by atoms with E-state index in [4.69, 9.17) is 0 Å². The van der Waals surface area contributed by atoms with Gasteiger partial charge in [0.05, 0.1) is 0 Å². The number of ketones is 1. The van der Waals surface area contributed by atoms with Crippen molar-refractivity contribution in [1.82, 2.24) is 0 Å². The SMILES string of the molecule is Cc1c(C)c2c(c(C)c1O)C(=O)CC1(CCC1)S2. The maximum Gasteiger partial charge on any atom is 0.165 e. The molecule has 2 aliphatic rings. The van der Waals surface area contributed by atoms with Gasteiger partial charge in [-0.3, -0.25) is 4.79 Å². The molecular formula is C15H18O2S. The molecule has 1 fully saturated rings. The summed E-state index contributed by atoms with van der Waals surface area (Å²) in [5, 5.41) is 10.1. The van der Waals surface area contributed by atoms with Crippen molar-refractivity contribution in [3.8, 4) is 5.75 Å². The second-order valence-corrected chi connectivity index (χ2v) is 7.14. The first-order chi connectivity index (χ1) is 8.45. The van der Waals surface area contributed by atoms with Crippen molar-refractivity contribution in [2.24, 2.45) is 0 Å². The molecule has 1 aliphatic heterocycles. The van der Waals surface area contributed by atoms with Crippen molar-refractivity contribution in [2.45, 2.75) is 56.1 Å². The number of aromatic hydroxyl groups is 1. The van der Waals surface area contributed by atoms with Crippen LogP contribution in [0.4, 0.5) is 0 Å². The van der Waals surface area contributed by atoms with Gasteiger partial charge in [0.15, 0.2) is 5.78 Å². The Balaban J connectivity index is 2.22. The Labute approximate surface area is 112 Å². The van der Waals surface area contributed by atoms with Crippen LogP contribution in [0.2, 0.25) is 0 Å². The molecule has 0 aromatic heterocycles. The standard InChI is InChI=1S/C15H18O2S/c1-8-9(2)14-12(10(3)13(8)17)11(16)7-15(18-14)5-4-6-15/h17H,4-7H2,1-3H3. The highest BCUT2D eigenvalue weighted by Crippen LogP contribution is 2.56. The molecule has 0 radical (unpaired) electrons. The van der Waals surface area contributed by atoms with Gasteiger partial charge >= 0.3 is 0 Å². The Morgan fingerprint density at radius 1 is 1.11 bits per heavy atom. The van der Waals surface area contributed by atoms with Crippen LogP contribution in [0.3, 0.4) is 0 Å². The zero-order chi connectivity index (χ0) is 13.1. The molecule has 1 saturated carbocycles. The molecule has 1 aromatic rings. The van der Waals surface area contributed by atoms with Crippen molar-refractivity contribution >= 4 is 17.5 Å². The summed E-state index contributed by atoms with van der Waals surface area (Å²) < 4.78 is 0.171. The zero-order valence-electron chi connectivity index (χ0n) is 11.1. The van der Waals surface area contributed by atoms with Gasteiger partial charge in [0, 0.05) is 27.2 Å². The van der Waals surface area contributed by atoms with E-state index in [0.29, 0.717) is 12.2 Å². The molecular weight excluding hydrogens is 244 g/mol. The lowest BCUT2D eigenvalue weighted by molar-refractivity contribution is 0.0942. The highest BCUT2D eigenvalue weighted by molar-refractivity contribution is 8.01. The van der Waals surface area contributed by atoms with Crippen molar-refractivity contribution in [2.75, 3.05) is 0 Å². The third-order valence-corrected chi connectivity index (χ3v) is 6.26. The van der Waals surface area contributed by atoms with Crippen LogP contribution in [0.1, 0.15) is 52.7 Å². The minimum absolute atomic E-state index is 0.171. The smallest absolute Gasteiger partial charge is 0.165 e. The maximum absolute atomic E-state index is 12.4. The summed E-state index contributed by atoms with van der Waals surface area (Å²) in [6.45, 7) is 5.81. The molecule has 1 spiro atoms. The van der Waals surface area contributed by atoms with Crippen LogP contribution in [0, 0.1) is 20.8 Å². The molecule has 2 nitrogen and oxygen atoms in total. The molecule has 0 atom stereocenters. The minimum atomic E-state index is 0.171. The van der Waals surface area contributed by atoms with E-state index in [1.807, 2.05) is 32.5 Å². The van der Waals surface area contributed by atoms with E-state index in [-0.39, 0.29) is 10.5 Å². The first kappa shape index (κ1) is 12.1. The topological polar surface area (TPSA) is 37.3 Å². The van der Waals surface area contributed by atoms with Gasteiger partial charge in [-0.25, -0.2) is 0 Å². The van der Waals surface area contributed by atoms with Gasteiger partial charge in [-0.1, -0.05) is 6.42 Å². The molecule has 0 bridgehead atoms. The van der Waals surface area contributed by atoms with E-state index < -0.39 is 0 Å². The summed E-state index contributed by atoms with van der Waals surface area (Å²) in [5.41, 5.74) is 3.54. The van der Waals surface area contributed by atoms with Gasteiger partial charge in [0.2, 0.25) is 0 Å². The average Bonchev–Trinajstić information content (AvgIpc) is 2.30. The summed E-state index contributed by atoms with van der Waals surface area (Å²) in [4.78, 5) is 13.5. The molecule has 1 aliphatic carbocycles. The van der Waals surface area contributed by atoms with Crippen LogP contribution in [-0.4, -0.2) is 15.6 Å². The number of benzene rings is 1. The Bertz CT molecular complexity index is 556. The summed E-state index contributed by atoms with van der Waals surface area (Å²) in [5.74, 6) is 0.518. The van der Waals surface area contributed by atoms with E-state index in [1.54, 1.807) is 0 Å². The summed E-state index contributed by atoms with van der Waals surface area (Å²) in [6, 6.07) is 0. The Morgan fingerprint density at radius 3 is 2.33 bits per heavy atom. The number of hydrogen-bond acceptors (Lipinski definition) is 3. The average molecular weight is 262 g/mol. The number of phenolic OH excluding ortho intramolecular Hbond substituents is 1. The highest BCUT2D eigenvalue weighted by Gasteiger charge is 2.45. The van der Waals surface area contributed by atoms with Crippen molar-refractivity contribution in [3.63, 3.8) is 0 Å². The molecule has 96 valence electrons.